The summed E-state index contributed by atoms with van der Waals surface area (Å²) in [5, 5.41) is 5.08. The van der Waals surface area contributed by atoms with Crippen LogP contribution < -0.4 is 5.14 Å². The van der Waals surface area contributed by atoms with Crippen molar-refractivity contribution in [2.24, 2.45) is 11.1 Å². The highest BCUT2D eigenvalue weighted by atomic mass is 32.2. The van der Waals surface area contributed by atoms with Gasteiger partial charge < -0.3 is 4.74 Å². The number of carbonyl (C=O) groups excluding carboxylic acids is 1. The van der Waals surface area contributed by atoms with E-state index in [9.17, 15) is 17.6 Å². The fourth-order valence-corrected chi connectivity index (χ4v) is 3.13. The number of nitrogens with two attached hydrogens (primary N) is 1. The highest BCUT2D eigenvalue weighted by molar-refractivity contribution is 7.89. The Bertz CT molecular complexity index is 1010. The number of nitrogens with zero attached hydrogens (tertiary/aromatic N) is 1. The van der Waals surface area contributed by atoms with Crippen LogP contribution in [0.2, 0.25) is 0 Å². The van der Waals surface area contributed by atoms with E-state index in [0.717, 1.165) is 6.20 Å². The Morgan fingerprint density at radius 1 is 1.12 bits per heavy atom. The van der Waals surface area contributed by atoms with Gasteiger partial charge in [-0.2, -0.15) is 0 Å². The highest BCUT2D eigenvalue weighted by Gasteiger charge is 2.26. The van der Waals surface area contributed by atoms with Crippen molar-refractivity contribution < 1.29 is 22.3 Å². The Balaban J connectivity index is 2.05. The van der Waals surface area contributed by atoms with Gasteiger partial charge in [0.05, 0.1) is 18.7 Å². The SMILES string of the molecule is COC(=O)C1C=C(c2ccc(F)cc2)C(c2ccc(S(N)(=O)=O)cn2)=C1. The maximum Gasteiger partial charge on any atom is 0.316 e. The molecule has 1 aliphatic rings. The molecule has 0 aliphatic heterocycles. The first kappa shape index (κ1) is 18.0. The number of ether oxygens (including phenoxy) is 1. The van der Waals surface area contributed by atoms with E-state index in [2.05, 4.69) is 4.98 Å². The first-order valence-electron chi connectivity index (χ1n) is 7.56. The molecule has 0 spiro atoms. The van der Waals surface area contributed by atoms with E-state index in [-0.39, 0.29) is 10.7 Å². The summed E-state index contributed by atoms with van der Waals surface area (Å²) in [5.74, 6) is -1.44. The van der Waals surface area contributed by atoms with Crippen molar-refractivity contribution in [3.63, 3.8) is 0 Å². The summed E-state index contributed by atoms with van der Waals surface area (Å²) in [7, 11) is -2.56. The third-order valence-corrected chi connectivity index (χ3v) is 4.85. The van der Waals surface area contributed by atoms with Crippen LogP contribution in [0.3, 0.4) is 0 Å². The molecule has 0 bridgehead atoms. The van der Waals surface area contributed by atoms with E-state index in [1.165, 1.54) is 31.4 Å². The van der Waals surface area contributed by atoms with Gasteiger partial charge in [0, 0.05) is 11.8 Å². The Morgan fingerprint density at radius 3 is 2.31 bits per heavy atom. The molecule has 0 saturated carbocycles. The molecule has 3 rings (SSSR count). The van der Waals surface area contributed by atoms with Crippen LogP contribution in [0.1, 0.15) is 11.3 Å². The summed E-state index contributed by atoms with van der Waals surface area (Å²) in [4.78, 5) is 16.0. The van der Waals surface area contributed by atoms with Crippen molar-refractivity contribution in [2.45, 2.75) is 4.90 Å². The summed E-state index contributed by atoms with van der Waals surface area (Å²) in [6.07, 6.45) is 4.52. The zero-order valence-electron chi connectivity index (χ0n) is 13.7. The van der Waals surface area contributed by atoms with Gasteiger partial charge in [0.15, 0.2) is 0 Å². The molecule has 0 amide bonds. The number of sulfonamides is 1. The molecular formula is C18H15FN2O4S. The van der Waals surface area contributed by atoms with Crippen LogP contribution in [0.15, 0.2) is 59.6 Å². The molecule has 1 aromatic heterocycles. The second-order valence-corrected chi connectivity index (χ2v) is 7.20. The lowest BCUT2D eigenvalue weighted by Crippen LogP contribution is -2.12. The zero-order chi connectivity index (χ0) is 18.9. The number of rotatable bonds is 4. The summed E-state index contributed by atoms with van der Waals surface area (Å²) < 4.78 is 40.8. The van der Waals surface area contributed by atoms with Crippen LogP contribution in [-0.4, -0.2) is 26.5 Å². The standard InChI is InChI=1S/C18H15FN2O4S/c1-25-18(22)12-8-15(11-2-4-13(19)5-3-11)16(9-12)17-7-6-14(10-21-17)26(20,23)24/h2-10,12H,1H3,(H2,20,23,24). The van der Waals surface area contributed by atoms with Crippen LogP contribution in [0.5, 0.6) is 0 Å². The molecule has 0 radical (unpaired) electrons. The predicted octanol–water partition coefficient (Wildman–Crippen LogP) is 2.14. The lowest BCUT2D eigenvalue weighted by atomic mass is 9.98. The fourth-order valence-electron chi connectivity index (χ4n) is 2.67. The van der Waals surface area contributed by atoms with Crippen molar-refractivity contribution in [3.05, 3.63) is 71.8 Å². The predicted molar refractivity (Wildman–Crippen MR) is 93.5 cm³/mol. The van der Waals surface area contributed by atoms with E-state index in [0.29, 0.717) is 22.4 Å². The Morgan fingerprint density at radius 2 is 1.77 bits per heavy atom. The highest BCUT2D eigenvalue weighted by Crippen LogP contribution is 2.38. The first-order valence-corrected chi connectivity index (χ1v) is 9.11. The van der Waals surface area contributed by atoms with E-state index in [1.54, 1.807) is 24.3 Å². The van der Waals surface area contributed by atoms with Crippen molar-refractivity contribution in [3.8, 4) is 0 Å². The number of primary sulfonamides is 1. The van der Waals surface area contributed by atoms with Gasteiger partial charge in [-0.3, -0.25) is 9.78 Å². The Kier molecular flexibility index (Phi) is 4.71. The molecule has 1 unspecified atom stereocenters. The normalized spacial score (nSPS) is 16.8. The maximum absolute atomic E-state index is 13.2. The molecule has 1 heterocycles. The van der Waals surface area contributed by atoms with Gasteiger partial charge >= 0.3 is 5.97 Å². The molecule has 1 aliphatic carbocycles. The van der Waals surface area contributed by atoms with Gasteiger partial charge in [-0.05, 0) is 35.4 Å². The molecule has 0 saturated heterocycles. The smallest absolute Gasteiger partial charge is 0.316 e. The van der Waals surface area contributed by atoms with Gasteiger partial charge in [0.25, 0.3) is 0 Å². The van der Waals surface area contributed by atoms with Crippen molar-refractivity contribution in [1.82, 2.24) is 4.98 Å². The van der Waals surface area contributed by atoms with Crippen molar-refractivity contribution in [2.75, 3.05) is 7.11 Å². The largest absolute Gasteiger partial charge is 0.468 e. The van der Waals surface area contributed by atoms with Crippen LogP contribution in [0.4, 0.5) is 4.39 Å². The molecule has 134 valence electrons. The quantitative estimate of drug-likeness (QED) is 0.827. The van der Waals surface area contributed by atoms with Gasteiger partial charge in [-0.25, -0.2) is 17.9 Å². The van der Waals surface area contributed by atoms with Crippen LogP contribution in [-0.2, 0) is 19.6 Å². The van der Waals surface area contributed by atoms with Gasteiger partial charge in [-0.15, -0.1) is 0 Å². The second kappa shape index (κ2) is 6.81. The molecular weight excluding hydrogens is 359 g/mol. The van der Waals surface area contributed by atoms with Gasteiger partial charge in [0.1, 0.15) is 10.7 Å². The number of aromatic nitrogens is 1. The molecule has 2 aromatic rings. The number of methoxy groups -OCH3 is 1. The molecule has 0 fully saturated rings. The lowest BCUT2D eigenvalue weighted by molar-refractivity contribution is -0.142. The maximum atomic E-state index is 13.2. The fraction of sp³-hybridized carbons (Fsp3) is 0.111. The Labute approximate surface area is 149 Å². The van der Waals surface area contributed by atoms with E-state index < -0.39 is 21.9 Å². The minimum atomic E-state index is -3.85. The number of halogens is 1. The molecule has 8 heteroatoms. The van der Waals surface area contributed by atoms with Crippen LogP contribution in [0, 0.1) is 11.7 Å². The number of hydrogen-bond donors (Lipinski definition) is 1. The number of esters is 1. The molecule has 26 heavy (non-hydrogen) atoms. The molecule has 6 nitrogen and oxygen atoms in total. The summed E-state index contributed by atoms with van der Waals surface area (Å²) in [6.45, 7) is 0. The number of allylic oxidation sites excluding steroid dienone is 2. The van der Waals surface area contributed by atoms with Crippen molar-refractivity contribution in [1.29, 1.82) is 0 Å². The van der Waals surface area contributed by atoms with E-state index in [4.69, 9.17) is 9.88 Å². The molecule has 1 atom stereocenters. The molecule has 1 aromatic carbocycles. The van der Waals surface area contributed by atoms with E-state index >= 15 is 0 Å². The topological polar surface area (TPSA) is 99.4 Å². The average Bonchev–Trinajstić information content (AvgIpc) is 3.06. The summed E-state index contributed by atoms with van der Waals surface area (Å²) >= 11 is 0. The molecule has 2 N–H and O–H groups in total. The number of pyridine rings is 1. The third kappa shape index (κ3) is 3.56. The minimum absolute atomic E-state index is 0.114. The lowest BCUT2D eigenvalue weighted by Gasteiger charge is -2.09. The summed E-state index contributed by atoms with van der Waals surface area (Å²) in [6, 6.07) is 8.66. The number of benzene rings is 1. The third-order valence-electron chi connectivity index (χ3n) is 3.95. The minimum Gasteiger partial charge on any atom is -0.468 e. The monoisotopic (exact) mass is 374 g/mol. The zero-order valence-corrected chi connectivity index (χ0v) is 14.5. The number of hydrogen-bond acceptors (Lipinski definition) is 5. The second-order valence-electron chi connectivity index (χ2n) is 5.64. The van der Waals surface area contributed by atoms with Crippen LogP contribution in [0.25, 0.3) is 11.1 Å². The van der Waals surface area contributed by atoms with Gasteiger partial charge in [-0.1, -0.05) is 24.3 Å². The first-order chi connectivity index (χ1) is 12.3. The van der Waals surface area contributed by atoms with E-state index in [1.807, 2.05) is 0 Å². The summed E-state index contributed by atoms with van der Waals surface area (Å²) in [5.41, 5.74) is 2.45. The van der Waals surface area contributed by atoms with Crippen LogP contribution >= 0.6 is 0 Å². The van der Waals surface area contributed by atoms with Gasteiger partial charge in [0.2, 0.25) is 10.0 Å². The average molecular weight is 374 g/mol. The number of carbonyl (C=O) groups is 1. The Hall–Kier alpha value is -2.84. The van der Waals surface area contributed by atoms with Crippen molar-refractivity contribution >= 4 is 27.1 Å².